The highest BCUT2D eigenvalue weighted by atomic mass is 19.1. The maximum Gasteiger partial charge on any atom is 0.321 e. The first-order valence-electron chi connectivity index (χ1n) is 6.82. The molecule has 0 amide bonds. The van der Waals surface area contributed by atoms with E-state index in [-0.39, 0.29) is 5.82 Å². The summed E-state index contributed by atoms with van der Waals surface area (Å²) in [6.45, 7) is 4.44. The van der Waals surface area contributed by atoms with Crippen molar-refractivity contribution in [3.05, 3.63) is 47.4 Å². The van der Waals surface area contributed by atoms with Crippen molar-refractivity contribution in [3.8, 4) is 0 Å². The summed E-state index contributed by atoms with van der Waals surface area (Å²) in [4.78, 5) is 14.3. The van der Waals surface area contributed by atoms with Crippen LogP contribution >= 0.6 is 0 Å². The zero-order valence-electron chi connectivity index (χ0n) is 12.1. The van der Waals surface area contributed by atoms with E-state index >= 15 is 0 Å². The minimum absolute atomic E-state index is 0.313. The van der Waals surface area contributed by atoms with E-state index in [4.69, 9.17) is 0 Å². The molecule has 0 bridgehead atoms. The zero-order chi connectivity index (χ0) is 15.4. The molecule has 1 heterocycles. The normalized spacial score (nSPS) is 12.3. The number of carboxylic acids is 1. The molecule has 0 saturated carbocycles. The number of halogens is 1. The van der Waals surface area contributed by atoms with Gasteiger partial charge in [0.15, 0.2) is 0 Å². The van der Waals surface area contributed by atoms with Crippen molar-refractivity contribution in [1.82, 2.24) is 10.3 Å². The Hall–Kier alpha value is -2.14. The fourth-order valence-corrected chi connectivity index (χ4v) is 2.20. The van der Waals surface area contributed by atoms with Crippen LogP contribution < -0.4 is 5.32 Å². The minimum Gasteiger partial charge on any atom is -0.480 e. The van der Waals surface area contributed by atoms with Gasteiger partial charge < -0.3 is 15.4 Å². The molecule has 5 heteroatoms. The van der Waals surface area contributed by atoms with E-state index in [2.05, 4.69) is 10.3 Å². The number of fused-ring (bicyclic) bond motifs is 1. The molecule has 0 aliphatic heterocycles. The minimum atomic E-state index is -0.895. The van der Waals surface area contributed by atoms with Crippen molar-refractivity contribution >= 4 is 16.9 Å². The molecule has 112 valence electrons. The first-order valence-corrected chi connectivity index (χ1v) is 6.82. The Morgan fingerprint density at radius 1 is 1.48 bits per heavy atom. The zero-order valence-corrected chi connectivity index (χ0v) is 12.1. The van der Waals surface area contributed by atoms with Crippen LogP contribution in [0.5, 0.6) is 0 Å². The number of carboxylic acid groups (broad SMARTS) is 1. The molecule has 0 aliphatic rings. The SMILES string of the molecule is CC(C)=CCN[C@@H](Cc1c[nH]c2cc(F)ccc12)C(=O)O. The third-order valence-electron chi connectivity index (χ3n) is 3.33. The summed E-state index contributed by atoms with van der Waals surface area (Å²) < 4.78 is 13.1. The van der Waals surface area contributed by atoms with Gasteiger partial charge in [-0.3, -0.25) is 4.79 Å². The first-order chi connectivity index (χ1) is 9.97. The molecule has 2 aromatic rings. The Kier molecular flexibility index (Phi) is 4.75. The molecule has 0 unspecified atom stereocenters. The van der Waals surface area contributed by atoms with Crippen LogP contribution in [0.3, 0.4) is 0 Å². The van der Waals surface area contributed by atoms with Crippen LogP contribution in [0.25, 0.3) is 10.9 Å². The predicted molar refractivity (Wildman–Crippen MR) is 80.8 cm³/mol. The standard InChI is InChI=1S/C16H19FN2O2/c1-10(2)5-6-18-15(16(20)21)7-11-9-19-14-8-12(17)3-4-13(11)14/h3-5,8-9,15,18-19H,6-7H2,1-2H3,(H,20,21)/t15-/m0/s1. The number of rotatable bonds is 6. The lowest BCUT2D eigenvalue weighted by atomic mass is 10.0. The van der Waals surface area contributed by atoms with Crippen molar-refractivity contribution in [3.63, 3.8) is 0 Å². The maximum absolute atomic E-state index is 13.1. The summed E-state index contributed by atoms with van der Waals surface area (Å²) in [6.07, 6.45) is 4.03. The third kappa shape index (κ3) is 3.92. The lowest BCUT2D eigenvalue weighted by Crippen LogP contribution is -2.38. The molecular weight excluding hydrogens is 271 g/mol. The molecular formula is C16H19FN2O2. The van der Waals surface area contributed by atoms with Crippen LogP contribution in [-0.4, -0.2) is 28.6 Å². The second-order valence-electron chi connectivity index (χ2n) is 5.29. The van der Waals surface area contributed by atoms with E-state index < -0.39 is 12.0 Å². The highest BCUT2D eigenvalue weighted by molar-refractivity contribution is 5.84. The van der Waals surface area contributed by atoms with Gasteiger partial charge in [0.05, 0.1) is 0 Å². The third-order valence-corrected chi connectivity index (χ3v) is 3.33. The van der Waals surface area contributed by atoms with Gasteiger partial charge in [0.2, 0.25) is 0 Å². The summed E-state index contributed by atoms with van der Waals surface area (Å²) in [5.74, 6) is -1.21. The number of aromatic nitrogens is 1. The molecule has 1 aromatic heterocycles. The largest absolute Gasteiger partial charge is 0.480 e. The van der Waals surface area contributed by atoms with Gasteiger partial charge in [-0.2, -0.15) is 0 Å². The van der Waals surface area contributed by atoms with Crippen LogP contribution in [0.2, 0.25) is 0 Å². The van der Waals surface area contributed by atoms with E-state index in [0.29, 0.717) is 18.5 Å². The van der Waals surface area contributed by atoms with Gasteiger partial charge in [-0.25, -0.2) is 4.39 Å². The van der Waals surface area contributed by atoms with Crippen molar-refractivity contribution in [2.45, 2.75) is 26.3 Å². The molecule has 0 fully saturated rings. The van der Waals surface area contributed by atoms with Gasteiger partial charge in [0.25, 0.3) is 0 Å². The Morgan fingerprint density at radius 2 is 2.24 bits per heavy atom. The summed E-state index contributed by atoms with van der Waals surface area (Å²) in [6, 6.07) is 3.78. The molecule has 0 radical (unpaired) electrons. The smallest absolute Gasteiger partial charge is 0.321 e. The fraction of sp³-hybridized carbons (Fsp3) is 0.312. The average Bonchev–Trinajstić information content (AvgIpc) is 2.79. The Bertz CT molecular complexity index is 672. The van der Waals surface area contributed by atoms with E-state index in [1.54, 1.807) is 12.3 Å². The molecule has 1 aromatic carbocycles. The van der Waals surface area contributed by atoms with E-state index in [1.807, 2.05) is 19.9 Å². The van der Waals surface area contributed by atoms with E-state index in [1.165, 1.54) is 12.1 Å². The number of aromatic amines is 1. The first kappa shape index (κ1) is 15.3. The van der Waals surface area contributed by atoms with E-state index in [0.717, 1.165) is 16.5 Å². The van der Waals surface area contributed by atoms with Crippen LogP contribution in [0.15, 0.2) is 36.0 Å². The van der Waals surface area contributed by atoms with Gasteiger partial charge in [0, 0.05) is 30.1 Å². The van der Waals surface area contributed by atoms with Crippen LogP contribution in [-0.2, 0) is 11.2 Å². The van der Waals surface area contributed by atoms with Crippen LogP contribution in [0.4, 0.5) is 4.39 Å². The lowest BCUT2D eigenvalue weighted by molar-refractivity contribution is -0.139. The molecule has 3 N–H and O–H groups in total. The number of nitrogens with one attached hydrogen (secondary N) is 2. The van der Waals surface area contributed by atoms with Gasteiger partial charge in [-0.05, 0) is 37.6 Å². The highest BCUT2D eigenvalue weighted by Crippen LogP contribution is 2.20. The average molecular weight is 290 g/mol. The molecule has 4 nitrogen and oxygen atoms in total. The monoisotopic (exact) mass is 290 g/mol. The number of hydrogen-bond acceptors (Lipinski definition) is 2. The number of benzene rings is 1. The Morgan fingerprint density at radius 3 is 2.90 bits per heavy atom. The highest BCUT2D eigenvalue weighted by Gasteiger charge is 2.18. The molecule has 21 heavy (non-hydrogen) atoms. The van der Waals surface area contributed by atoms with Crippen LogP contribution in [0, 0.1) is 5.82 Å². The van der Waals surface area contributed by atoms with Crippen molar-refractivity contribution in [2.24, 2.45) is 0 Å². The Labute approximate surface area is 122 Å². The fourth-order valence-electron chi connectivity index (χ4n) is 2.20. The van der Waals surface area contributed by atoms with Crippen molar-refractivity contribution < 1.29 is 14.3 Å². The molecule has 0 saturated heterocycles. The van der Waals surface area contributed by atoms with Gasteiger partial charge in [-0.15, -0.1) is 0 Å². The van der Waals surface area contributed by atoms with Gasteiger partial charge >= 0.3 is 5.97 Å². The molecule has 0 aliphatic carbocycles. The van der Waals surface area contributed by atoms with Gasteiger partial charge in [-0.1, -0.05) is 11.6 Å². The predicted octanol–water partition coefficient (Wildman–Crippen LogP) is 2.86. The number of hydrogen-bond donors (Lipinski definition) is 3. The van der Waals surface area contributed by atoms with Gasteiger partial charge in [0.1, 0.15) is 11.9 Å². The topological polar surface area (TPSA) is 65.1 Å². The Balaban J connectivity index is 2.15. The summed E-state index contributed by atoms with van der Waals surface area (Å²) in [5, 5.41) is 13.2. The number of carbonyl (C=O) groups is 1. The number of aliphatic carboxylic acids is 1. The lowest BCUT2D eigenvalue weighted by Gasteiger charge is -2.13. The molecule has 1 atom stereocenters. The quantitative estimate of drug-likeness (QED) is 0.717. The molecule has 0 spiro atoms. The second kappa shape index (κ2) is 6.54. The number of allylic oxidation sites excluding steroid dienone is 1. The number of H-pyrrole nitrogens is 1. The van der Waals surface area contributed by atoms with E-state index in [9.17, 15) is 14.3 Å². The maximum atomic E-state index is 13.1. The van der Waals surface area contributed by atoms with Crippen LogP contribution in [0.1, 0.15) is 19.4 Å². The summed E-state index contributed by atoms with van der Waals surface area (Å²) in [5.41, 5.74) is 2.68. The summed E-state index contributed by atoms with van der Waals surface area (Å²) in [7, 11) is 0. The molecule has 2 rings (SSSR count). The van der Waals surface area contributed by atoms with Crippen molar-refractivity contribution in [1.29, 1.82) is 0 Å². The second-order valence-corrected chi connectivity index (χ2v) is 5.29. The summed E-state index contributed by atoms with van der Waals surface area (Å²) >= 11 is 0. The van der Waals surface area contributed by atoms with Crippen molar-refractivity contribution in [2.75, 3.05) is 6.54 Å².